The number of amides is 1. The zero-order chi connectivity index (χ0) is 15.5. The molecule has 1 saturated heterocycles. The van der Waals surface area contributed by atoms with Gasteiger partial charge in [0.1, 0.15) is 5.37 Å². The zero-order valence-corrected chi connectivity index (χ0v) is 13.3. The topological polar surface area (TPSA) is 40.5 Å². The van der Waals surface area contributed by atoms with E-state index in [1.807, 2.05) is 55.5 Å². The van der Waals surface area contributed by atoms with Crippen LogP contribution < -0.4 is 0 Å². The molecule has 0 aliphatic carbocycles. The molecular weight excluding hydrogens is 294 g/mol. The predicted octanol–water partition coefficient (Wildman–Crippen LogP) is 3.30. The van der Waals surface area contributed by atoms with Gasteiger partial charge in [-0.2, -0.15) is 0 Å². The van der Waals surface area contributed by atoms with E-state index in [1.165, 1.54) is 5.56 Å². The number of rotatable bonds is 4. The summed E-state index contributed by atoms with van der Waals surface area (Å²) in [6.07, 6.45) is -0.656. The predicted molar refractivity (Wildman–Crippen MR) is 89.5 cm³/mol. The minimum Gasteiger partial charge on any atom is -0.387 e. The van der Waals surface area contributed by atoms with Gasteiger partial charge in [-0.05, 0) is 18.1 Å². The smallest absolute Gasteiger partial charge is 0.233 e. The SMILES string of the molecule is Cc1cccc([C@@H]2SCC(=O)N2C[C@H](O)c2ccccc2)c1. The summed E-state index contributed by atoms with van der Waals surface area (Å²) in [5.74, 6) is 0.562. The van der Waals surface area contributed by atoms with E-state index < -0.39 is 6.10 Å². The van der Waals surface area contributed by atoms with E-state index in [1.54, 1.807) is 16.7 Å². The van der Waals surface area contributed by atoms with Gasteiger partial charge in [-0.25, -0.2) is 0 Å². The van der Waals surface area contributed by atoms with Crippen molar-refractivity contribution in [3.8, 4) is 0 Å². The molecule has 1 fully saturated rings. The fourth-order valence-corrected chi connectivity index (χ4v) is 3.91. The maximum absolute atomic E-state index is 12.2. The van der Waals surface area contributed by atoms with Crippen LogP contribution in [-0.2, 0) is 4.79 Å². The van der Waals surface area contributed by atoms with E-state index in [4.69, 9.17) is 0 Å². The Balaban J connectivity index is 1.80. The Morgan fingerprint density at radius 1 is 1.23 bits per heavy atom. The molecule has 22 heavy (non-hydrogen) atoms. The second-order valence-electron chi connectivity index (χ2n) is 5.55. The molecule has 4 heteroatoms. The number of carbonyl (C=O) groups is 1. The molecule has 0 saturated carbocycles. The van der Waals surface area contributed by atoms with Gasteiger partial charge in [0.25, 0.3) is 0 Å². The lowest BCUT2D eigenvalue weighted by molar-refractivity contribution is -0.129. The molecule has 1 N–H and O–H groups in total. The summed E-state index contributed by atoms with van der Waals surface area (Å²) in [6, 6.07) is 17.7. The van der Waals surface area contributed by atoms with Gasteiger partial charge in [-0.15, -0.1) is 11.8 Å². The quantitative estimate of drug-likeness (QED) is 0.941. The van der Waals surface area contributed by atoms with Crippen molar-refractivity contribution < 1.29 is 9.90 Å². The van der Waals surface area contributed by atoms with Crippen molar-refractivity contribution in [1.29, 1.82) is 0 Å². The molecule has 3 nitrogen and oxygen atoms in total. The van der Waals surface area contributed by atoms with Crippen LogP contribution in [0.5, 0.6) is 0 Å². The van der Waals surface area contributed by atoms with E-state index in [0.717, 1.165) is 11.1 Å². The van der Waals surface area contributed by atoms with Crippen molar-refractivity contribution in [2.45, 2.75) is 18.4 Å². The summed E-state index contributed by atoms with van der Waals surface area (Å²) in [5, 5.41) is 10.4. The summed E-state index contributed by atoms with van der Waals surface area (Å²) in [6.45, 7) is 2.38. The van der Waals surface area contributed by atoms with Gasteiger partial charge in [0.15, 0.2) is 0 Å². The van der Waals surface area contributed by atoms with Gasteiger partial charge < -0.3 is 10.0 Å². The lowest BCUT2D eigenvalue weighted by atomic mass is 10.1. The second kappa shape index (κ2) is 6.55. The van der Waals surface area contributed by atoms with E-state index in [0.29, 0.717) is 12.3 Å². The van der Waals surface area contributed by atoms with Crippen LogP contribution in [0.2, 0.25) is 0 Å². The van der Waals surface area contributed by atoms with Crippen LogP contribution >= 0.6 is 11.8 Å². The molecule has 0 spiro atoms. The van der Waals surface area contributed by atoms with Gasteiger partial charge in [0.05, 0.1) is 18.4 Å². The number of thioether (sulfide) groups is 1. The van der Waals surface area contributed by atoms with Crippen molar-refractivity contribution in [2.24, 2.45) is 0 Å². The third-order valence-corrected chi connectivity index (χ3v) is 5.11. The summed E-state index contributed by atoms with van der Waals surface area (Å²) in [4.78, 5) is 14.0. The Morgan fingerprint density at radius 2 is 2.00 bits per heavy atom. The Labute approximate surface area is 135 Å². The van der Waals surface area contributed by atoms with Crippen LogP contribution in [0, 0.1) is 6.92 Å². The molecule has 2 aromatic rings. The van der Waals surface area contributed by atoms with Crippen molar-refractivity contribution in [3.05, 3.63) is 71.3 Å². The number of hydrogen-bond acceptors (Lipinski definition) is 3. The van der Waals surface area contributed by atoms with Crippen LogP contribution in [0.15, 0.2) is 54.6 Å². The average Bonchev–Trinajstić information content (AvgIpc) is 2.89. The molecule has 1 aliphatic heterocycles. The number of aliphatic hydroxyl groups is 1. The number of aliphatic hydroxyl groups excluding tert-OH is 1. The molecule has 2 aromatic carbocycles. The number of benzene rings is 2. The van der Waals surface area contributed by atoms with Crippen LogP contribution in [0.25, 0.3) is 0 Å². The molecule has 0 radical (unpaired) electrons. The molecule has 0 bridgehead atoms. The highest BCUT2D eigenvalue weighted by Gasteiger charge is 2.34. The minimum atomic E-state index is -0.656. The van der Waals surface area contributed by atoms with E-state index >= 15 is 0 Å². The monoisotopic (exact) mass is 313 g/mol. The fourth-order valence-electron chi connectivity index (χ4n) is 2.72. The normalized spacial score (nSPS) is 19.5. The van der Waals surface area contributed by atoms with Crippen molar-refractivity contribution in [3.63, 3.8) is 0 Å². The number of nitrogens with zero attached hydrogens (tertiary/aromatic N) is 1. The van der Waals surface area contributed by atoms with Crippen molar-refractivity contribution in [2.75, 3.05) is 12.3 Å². The summed E-state index contributed by atoms with van der Waals surface area (Å²) >= 11 is 1.62. The first-order valence-corrected chi connectivity index (χ1v) is 8.40. The zero-order valence-electron chi connectivity index (χ0n) is 12.5. The van der Waals surface area contributed by atoms with Gasteiger partial charge in [-0.1, -0.05) is 60.2 Å². The molecular formula is C18H19NO2S. The lowest BCUT2D eigenvalue weighted by Gasteiger charge is -2.27. The van der Waals surface area contributed by atoms with Crippen molar-refractivity contribution >= 4 is 17.7 Å². The highest BCUT2D eigenvalue weighted by molar-refractivity contribution is 8.00. The Kier molecular flexibility index (Phi) is 4.50. The Bertz CT molecular complexity index is 659. The van der Waals surface area contributed by atoms with Gasteiger partial charge >= 0.3 is 0 Å². The first-order valence-electron chi connectivity index (χ1n) is 7.36. The lowest BCUT2D eigenvalue weighted by Crippen LogP contribution is -2.32. The summed E-state index contributed by atoms with van der Waals surface area (Å²) in [5.41, 5.74) is 3.15. The number of aryl methyl sites for hydroxylation is 1. The first kappa shape index (κ1) is 15.1. The number of hydrogen-bond donors (Lipinski definition) is 1. The molecule has 0 unspecified atom stereocenters. The fraction of sp³-hybridized carbons (Fsp3) is 0.278. The van der Waals surface area contributed by atoms with Crippen LogP contribution in [0.1, 0.15) is 28.2 Å². The van der Waals surface area contributed by atoms with E-state index in [-0.39, 0.29) is 11.3 Å². The second-order valence-corrected chi connectivity index (χ2v) is 6.62. The molecule has 1 aliphatic rings. The summed E-state index contributed by atoms with van der Waals surface area (Å²) < 4.78 is 0. The Morgan fingerprint density at radius 3 is 2.73 bits per heavy atom. The largest absolute Gasteiger partial charge is 0.387 e. The van der Waals surface area contributed by atoms with Crippen LogP contribution in [0.3, 0.4) is 0 Å². The Hall–Kier alpha value is -1.78. The van der Waals surface area contributed by atoms with Crippen LogP contribution in [0.4, 0.5) is 0 Å². The number of carbonyl (C=O) groups excluding carboxylic acids is 1. The van der Waals surface area contributed by atoms with Crippen LogP contribution in [-0.4, -0.2) is 28.2 Å². The summed E-state index contributed by atoms with van der Waals surface area (Å²) in [7, 11) is 0. The third kappa shape index (κ3) is 3.18. The molecule has 1 amide bonds. The minimum absolute atomic E-state index is 0.00855. The van der Waals surface area contributed by atoms with E-state index in [2.05, 4.69) is 6.07 Å². The van der Waals surface area contributed by atoms with Gasteiger partial charge in [-0.3, -0.25) is 4.79 Å². The molecule has 3 rings (SSSR count). The molecule has 1 heterocycles. The number of β-amino-alcohol motifs (C(OH)–C–C–N with tert-alkyl or cyclic N) is 1. The highest BCUT2D eigenvalue weighted by atomic mass is 32.2. The van der Waals surface area contributed by atoms with E-state index in [9.17, 15) is 9.90 Å². The molecule has 0 aromatic heterocycles. The maximum atomic E-state index is 12.2. The standard InChI is InChI=1S/C18H19NO2S/c1-13-6-5-9-15(10-13)18-19(17(21)12-22-18)11-16(20)14-7-3-2-4-8-14/h2-10,16,18,20H,11-12H2,1H3/t16-,18-/m0/s1. The van der Waals surface area contributed by atoms with Crippen molar-refractivity contribution in [1.82, 2.24) is 4.90 Å². The van der Waals surface area contributed by atoms with Gasteiger partial charge in [0.2, 0.25) is 5.91 Å². The highest BCUT2D eigenvalue weighted by Crippen LogP contribution is 2.39. The first-order chi connectivity index (χ1) is 10.6. The molecule has 2 atom stereocenters. The third-order valence-electron chi connectivity index (χ3n) is 3.85. The van der Waals surface area contributed by atoms with Gasteiger partial charge in [0, 0.05) is 0 Å². The molecule has 114 valence electrons. The maximum Gasteiger partial charge on any atom is 0.233 e. The average molecular weight is 313 g/mol.